The molecule has 0 spiro atoms. The molecule has 5 heteroatoms. The number of fused-ring (bicyclic) bond motifs is 1. The molecule has 2 rings (SSSR count). The highest BCUT2D eigenvalue weighted by Gasteiger charge is 2.06. The van der Waals surface area contributed by atoms with Crippen molar-refractivity contribution < 1.29 is 0 Å². The summed E-state index contributed by atoms with van der Waals surface area (Å²) in [6.45, 7) is 0.112. The lowest BCUT2D eigenvalue weighted by molar-refractivity contribution is 0.851. The third kappa shape index (κ3) is 1.47. The second kappa shape index (κ2) is 3.56. The van der Waals surface area contributed by atoms with Crippen molar-refractivity contribution >= 4 is 37.5 Å². The SMILES string of the molecule is N#CCn1c(=O)sc2cc(Br)ccc21. The first-order valence-electron chi connectivity index (χ1n) is 3.88. The van der Waals surface area contributed by atoms with Crippen molar-refractivity contribution in [1.82, 2.24) is 4.57 Å². The van der Waals surface area contributed by atoms with Gasteiger partial charge in [-0.25, -0.2) is 0 Å². The first-order valence-corrected chi connectivity index (χ1v) is 5.49. The smallest absolute Gasteiger partial charge is 0.285 e. The van der Waals surface area contributed by atoms with Crippen LogP contribution in [-0.2, 0) is 6.54 Å². The van der Waals surface area contributed by atoms with Gasteiger partial charge in [-0.3, -0.25) is 9.36 Å². The van der Waals surface area contributed by atoms with Gasteiger partial charge in [0.1, 0.15) is 6.54 Å². The van der Waals surface area contributed by atoms with Crippen LogP contribution in [0.5, 0.6) is 0 Å². The van der Waals surface area contributed by atoms with Gasteiger partial charge in [0.2, 0.25) is 0 Å². The van der Waals surface area contributed by atoms with Crippen LogP contribution < -0.4 is 4.87 Å². The van der Waals surface area contributed by atoms with Gasteiger partial charge in [-0.2, -0.15) is 5.26 Å². The predicted molar refractivity (Wildman–Crippen MR) is 59.4 cm³/mol. The lowest BCUT2D eigenvalue weighted by Crippen LogP contribution is -2.11. The van der Waals surface area contributed by atoms with Gasteiger partial charge in [-0.1, -0.05) is 27.3 Å². The van der Waals surface area contributed by atoms with Crippen molar-refractivity contribution in [2.45, 2.75) is 6.54 Å². The van der Waals surface area contributed by atoms with E-state index in [0.717, 1.165) is 26.0 Å². The Hall–Kier alpha value is -1.12. The molecule has 0 saturated carbocycles. The zero-order valence-electron chi connectivity index (χ0n) is 7.03. The summed E-state index contributed by atoms with van der Waals surface area (Å²) in [5.74, 6) is 0. The van der Waals surface area contributed by atoms with Crippen molar-refractivity contribution in [3.63, 3.8) is 0 Å². The van der Waals surface area contributed by atoms with Gasteiger partial charge in [0.05, 0.1) is 16.3 Å². The van der Waals surface area contributed by atoms with Crippen LogP contribution >= 0.6 is 27.3 Å². The monoisotopic (exact) mass is 268 g/mol. The quantitative estimate of drug-likeness (QED) is 0.797. The summed E-state index contributed by atoms with van der Waals surface area (Å²) in [6.07, 6.45) is 0. The Bertz CT molecular complexity index is 578. The van der Waals surface area contributed by atoms with Crippen molar-refractivity contribution in [3.8, 4) is 6.07 Å². The van der Waals surface area contributed by atoms with Crippen molar-refractivity contribution in [2.75, 3.05) is 0 Å². The summed E-state index contributed by atoms with van der Waals surface area (Å²) in [7, 11) is 0. The lowest BCUT2D eigenvalue weighted by atomic mass is 10.3. The fourth-order valence-electron chi connectivity index (χ4n) is 1.26. The predicted octanol–water partition coefficient (Wildman–Crippen LogP) is 2.35. The van der Waals surface area contributed by atoms with E-state index < -0.39 is 0 Å². The van der Waals surface area contributed by atoms with Crippen molar-refractivity contribution in [3.05, 3.63) is 32.3 Å². The Balaban J connectivity index is 2.79. The maximum absolute atomic E-state index is 11.5. The molecule has 70 valence electrons. The number of hydrogen-bond acceptors (Lipinski definition) is 3. The maximum atomic E-state index is 11.5. The number of aromatic nitrogens is 1. The second-order valence-corrected chi connectivity index (χ2v) is 4.63. The van der Waals surface area contributed by atoms with Crippen LogP contribution in [0, 0.1) is 11.3 Å². The number of nitrogens with zero attached hydrogens (tertiary/aromatic N) is 2. The Morgan fingerprint density at radius 2 is 2.36 bits per heavy atom. The molecular weight excluding hydrogens is 264 g/mol. The number of thiazole rings is 1. The Morgan fingerprint density at radius 3 is 3.07 bits per heavy atom. The molecule has 2 aromatic rings. The highest BCUT2D eigenvalue weighted by molar-refractivity contribution is 9.10. The minimum absolute atomic E-state index is 0.0837. The summed E-state index contributed by atoms with van der Waals surface area (Å²) in [6, 6.07) is 7.57. The lowest BCUT2D eigenvalue weighted by Gasteiger charge is -1.95. The van der Waals surface area contributed by atoms with E-state index in [1.165, 1.54) is 4.57 Å². The minimum atomic E-state index is -0.0837. The number of rotatable bonds is 1. The third-order valence-electron chi connectivity index (χ3n) is 1.86. The van der Waals surface area contributed by atoms with Crippen LogP contribution in [0.3, 0.4) is 0 Å². The molecule has 14 heavy (non-hydrogen) atoms. The van der Waals surface area contributed by atoms with Crippen LogP contribution in [0.2, 0.25) is 0 Å². The zero-order valence-corrected chi connectivity index (χ0v) is 9.43. The van der Waals surface area contributed by atoms with Crippen molar-refractivity contribution in [1.29, 1.82) is 5.26 Å². The Labute approximate surface area is 92.3 Å². The van der Waals surface area contributed by atoms with Gasteiger partial charge < -0.3 is 0 Å². The van der Waals surface area contributed by atoms with E-state index in [1.54, 1.807) is 0 Å². The fourth-order valence-corrected chi connectivity index (χ4v) is 2.70. The topological polar surface area (TPSA) is 45.8 Å². The highest BCUT2D eigenvalue weighted by Crippen LogP contribution is 2.21. The summed E-state index contributed by atoms with van der Waals surface area (Å²) in [4.78, 5) is 11.4. The molecule has 0 amide bonds. The molecular formula is C9H5BrN2OS. The van der Waals surface area contributed by atoms with Gasteiger partial charge >= 0.3 is 4.87 Å². The van der Waals surface area contributed by atoms with Gasteiger partial charge in [0.25, 0.3) is 0 Å². The van der Waals surface area contributed by atoms with E-state index >= 15 is 0 Å². The average molecular weight is 269 g/mol. The van der Waals surface area contributed by atoms with Crippen LogP contribution in [0.25, 0.3) is 10.2 Å². The molecule has 1 aromatic heterocycles. The minimum Gasteiger partial charge on any atom is -0.285 e. The fraction of sp³-hybridized carbons (Fsp3) is 0.111. The molecule has 0 aliphatic rings. The van der Waals surface area contributed by atoms with Gasteiger partial charge in [0.15, 0.2) is 0 Å². The summed E-state index contributed by atoms with van der Waals surface area (Å²) in [5.41, 5.74) is 0.824. The van der Waals surface area contributed by atoms with Crippen LogP contribution in [0.4, 0.5) is 0 Å². The van der Waals surface area contributed by atoms with Gasteiger partial charge in [0, 0.05) is 4.47 Å². The third-order valence-corrected chi connectivity index (χ3v) is 3.29. The van der Waals surface area contributed by atoms with E-state index in [2.05, 4.69) is 15.9 Å². The first-order chi connectivity index (χ1) is 6.72. The normalized spacial score (nSPS) is 10.3. The van der Waals surface area contributed by atoms with Crippen LogP contribution in [-0.4, -0.2) is 4.57 Å². The average Bonchev–Trinajstić information content (AvgIpc) is 2.43. The van der Waals surface area contributed by atoms with E-state index in [1.807, 2.05) is 24.3 Å². The summed E-state index contributed by atoms with van der Waals surface area (Å²) >= 11 is 4.49. The molecule has 0 aliphatic heterocycles. The van der Waals surface area contributed by atoms with Crippen molar-refractivity contribution in [2.24, 2.45) is 0 Å². The van der Waals surface area contributed by atoms with Crippen LogP contribution in [0.1, 0.15) is 0 Å². The molecule has 0 fully saturated rings. The molecule has 3 nitrogen and oxygen atoms in total. The molecule has 0 atom stereocenters. The molecule has 0 bridgehead atoms. The Morgan fingerprint density at radius 1 is 1.57 bits per heavy atom. The molecule has 0 aliphatic carbocycles. The largest absolute Gasteiger partial charge is 0.309 e. The van der Waals surface area contributed by atoms with E-state index in [-0.39, 0.29) is 11.4 Å². The maximum Gasteiger partial charge on any atom is 0.309 e. The Kier molecular flexibility index (Phi) is 2.40. The molecule has 0 radical (unpaired) electrons. The standard InChI is InChI=1S/C9H5BrN2OS/c10-6-1-2-7-8(5-6)14-9(13)12(7)4-3-11/h1-2,5H,4H2. The van der Waals surface area contributed by atoms with E-state index in [4.69, 9.17) is 5.26 Å². The van der Waals surface area contributed by atoms with E-state index in [0.29, 0.717) is 0 Å². The number of nitriles is 1. The van der Waals surface area contributed by atoms with Gasteiger partial charge in [-0.05, 0) is 18.2 Å². The molecule has 0 N–H and O–H groups in total. The zero-order chi connectivity index (χ0) is 10.1. The molecule has 1 aromatic carbocycles. The summed E-state index contributed by atoms with van der Waals surface area (Å²) in [5, 5.41) is 8.56. The highest BCUT2D eigenvalue weighted by atomic mass is 79.9. The number of benzene rings is 1. The molecule has 0 saturated heterocycles. The molecule has 0 unspecified atom stereocenters. The summed E-state index contributed by atoms with van der Waals surface area (Å²) < 4.78 is 3.32. The van der Waals surface area contributed by atoms with Gasteiger partial charge in [-0.15, -0.1) is 0 Å². The molecule has 1 heterocycles. The number of halogens is 1. The van der Waals surface area contributed by atoms with E-state index in [9.17, 15) is 4.79 Å². The van der Waals surface area contributed by atoms with Crippen LogP contribution in [0.15, 0.2) is 27.5 Å². The first kappa shape index (κ1) is 9.44. The number of hydrogen-bond donors (Lipinski definition) is 0. The second-order valence-electron chi connectivity index (χ2n) is 2.72.